The predicted molar refractivity (Wildman–Crippen MR) is 206 cm³/mol. The van der Waals surface area contributed by atoms with Gasteiger partial charge in [0.15, 0.2) is 5.78 Å². The number of aromatic nitrogens is 2. The summed E-state index contributed by atoms with van der Waals surface area (Å²) in [6, 6.07) is 0. The maximum absolute atomic E-state index is 14.0. The Morgan fingerprint density at radius 2 is 1.72 bits per heavy atom. The Morgan fingerprint density at radius 1 is 1.00 bits per heavy atom. The molecule has 53 heavy (non-hydrogen) atoms. The number of aliphatic carboxylic acids is 1. The van der Waals surface area contributed by atoms with Crippen LogP contribution < -0.4 is 5.32 Å². The summed E-state index contributed by atoms with van der Waals surface area (Å²) in [5.41, 5.74) is 1.55. The van der Waals surface area contributed by atoms with Gasteiger partial charge in [0.25, 0.3) is 0 Å². The molecule has 1 heterocycles. The summed E-state index contributed by atoms with van der Waals surface area (Å²) in [4.78, 5) is 47.2. The number of imidazole rings is 1. The zero-order valence-corrected chi connectivity index (χ0v) is 34.1. The van der Waals surface area contributed by atoms with Crippen LogP contribution in [0.4, 0.5) is 0 Å². The van der Waals surface area contributed by atoms with E-state index in [2.05, 4.69) is 76.4 Å². The highest BCUT2D eigenvalue weighted by Crippen LogP contribution is 2.80. The molecule has 5 fully saturated rings. The summed E-state index contributed by atoms with van der Waals surface area (Å²) in [6.45, 7) is 26.8. The molecular formula is C45H67N3O5. The zero-order chi connectivity index (χ0) is 38.6. The molecular weight excluding hydrogens is 663 g/mol. The van der Waals surface area contributed by atoms with Gasteiger partial charge in [0.2, 0.25) is 0 Å². The van der Waals surface area contributed by atoms with Crippen molar-refractivity contribution >= 4 is 17.7 Å². The third-order valence-corrected chi connectivity index (χ3v) is 18.1. The van der Waals surface area contributed by atoms with E-state index >= 15 is 0 Å². The Balaban J connectivity index is 1.16. The first-order chi connectivity index (χ1) is 24.8. The lowest BCUT2D eigenvalue weighted by Gasteiger charge is -2.75. The van der Waals surface area contributed by atoms with Crippen molar-refractivity contribution in [2.24, 2.45) is 67.5 Å². The van der Waals surface area contributed by atoms with Gasteiger partial charge in [-0.3, -0.25) is 14.4 Å². The molecule has 0 spiro atoms. The fraction of sp³-hybridized carbons (Fsp3) is 0.778. The number of aromatic amines is 1. The molecule has 10 atom stereocenters. The number of carbonyl (C=O) groups excluding carboxylic acids is 2. The fourth-order valence-electron chi connectivity index (χ4n) is 14.7. The van der Waals surface area contributed by atoms with Crippen LogP contribution in [0.15, 0.2) is 36.2 Å². The highest BCUT2D eigenvalue weighted by molar-refractivity contribution is 6.00. The highest BCUT2D eigenvalue weighted by atomic mass is 16.5. The lowest BCUT2D eigenvalue weighted by molar-refractivity contribution is -0.262. The van der Waals surface area contributed by atoms with Gasteiger partial charge in [0.1, 0.15) is 11.9 Å². The van der Waals surface area contributed by atoms with Crippen molar-refractivity contribution in [1.29, 1.82) is 0 Å². The Bertz CT molecular complexity index is 1690. The monoisotopic (exact) mass is 730 g/mol. The summed E-state index contributed by atoms with van der Waals surface area (Å²) in [5, 5.41) is 13.3. The van der Waals surface area contributed by atoms with Gasteiger partial charge < -0.3 is 20.1 Å². The first kappa shape index (κ1) is 38.5. The molecule has 6 aliphatic carbocycles. The topological polar surface area (TPSA) is 121 Å². The Hall–Kier alpha value is -2.74. The number of H-pyrrole nitrogens is 1. The number of fused-ring (bicyclic) bond motifs is 7. The first-order valence-electron chi connectivity index (χ1n) is 20.8. The third-order valence-electron chi connectivity index (χ3n) is 18.1. The zero-order valence-electron chi connectivity index (χ0n) is 34.1. The molecule has 1 aromatic rings. The minimum absolute atomic E-state index is 0.0304. The quantitative estimate of drug-likeness (QED) is 0.125. The molecule has 6 aliphatic rings. The van der Waals surface area contributed by atoms with Gasteiger partial charge in [0.05, 0.1) is 18.4 Å². The number of ketones is 1. The molecule has 8 heteroatoms. The van der Waals surface area contributed by atoms with Crippen LogP contribution in [0.1, 0.15) is 139 Å². The normalized spacial score (nSPS) is 42.5. The first-order valence-corrected chi connectivity index (χ1v) is 20.8. The van der Waals surface area contributed by atoms with Gasteiger partial charge in [-0.05, 0) is 116 Å². The molecule has 0 saturated heterocycles. The van der Waals surface area contributed by atoms with E-state index in [4.69, 9.17) is 4.74 Å². The maximum Gasteiger partial charge on any atom is 0.309 e. The van der Waals surface area contributed by atoms with Crippen molar-refractivity contribution in [3.05, 3.63) is 42.0 Å². The number of hydrogen-bond acceptors (Lipinski definition) is 6. The van der Waals surface area contributed by atoms with E-state index in [1.54, 1.807) is 6.20 Å². The molecule has 292 valence electrons. The van der Waals surface area contributed by atoms with E-state index in [0.29, 0.717) is 37.0 Å². The SMILES string of the molecule is C=C[C@@]12CC[C@]3(C)[C@H](CCC4C5=C(C(C)C)C(=O)CC5(CCNCc5ncc[nH]5)CC[C@]43C)[C@@]1(C)CC[C@H](OC(=O)[C@H]1C[C@@H](C(=O)O)C1(C)C)C2(C)C. The summed E-state index contributed by atoms with van der Waals surface area (Å²) in [6.07, 6.45) is 16.0. The minimum Gasteiger partial charge on any atom is -0.481 e. The number of allylic oxidation sites excluding steroid dienone is 3. The standard InChI is InChI=1S/C45H67N3O5/c1-11-45-19-17-42(9)32(43(45,10)15-14-33(40(45,6)7)53-38(52)30-24-29(37(50)51)39(30,4)5)13-12-28-36-35(27(2)3)31(49)25-44(36,18-16-41(28,42)8)20-21-46-26-34-47-22-23-48-34/h11,22-23,27-30,32-33,46H,1,12-21,24-26H2,2-10H3,(H,47,48)(H,50,51)/t28?,29-,30+,32-,33-,41+,42+,43+,44?,45-/m0/s1. The summed E-state index contributed by atoms with van der Waals surface area (Å²) in [7, 11) is 0. The molecule has 8 nitrogen and oxygen atoms in total. The van der Waals surface area contributed by atoms with Gasteiger partial charge in [-0.15, -0.1) is 6.58 Å². The Kier molecular flexibility index (Phi) is 9.19. The molecule has 1 aromatic heterocycles. The van der Waals surface area contributed by atoms with Crippen molar-refractivity contribution in [3.8, 4) is 0 Å². The molecule has 5 saturated carbocycles. The average Bonchev–Trinajstić information content (AvgIpc) is 3.70. The minimum atomic E-state index is -0.829. The van der Waals surface area contributed by atoms with E-state index in [0.717, 1.165) is 75.7 Å². The molecule has 0 aliphatic heterocycles. The Labute approximate surface area is 318 Å². The number of rotatable bonds is 10. The van der Waals surface area contributed by atoms with Crippen LogP contribution in [0, 0.1) is 67.5 Å². The summed E-state index contributed by atoms with van der Waals surface area (Å²) in [5.74, 6) is 0.458. The summed E-state index contributed by atoms with van der Waals surface area (Å²) >= 11 is 0. The molecule has 3 N–H and O–H groups in total. The molecule has 0 bridgehead atoms. The number of ether oxygens (including phenoxy) is 1. The van der Waals surface area contributed by atoms with E-state index in [-0.39, 0.29) is 50.5 Å². The number of carboxylic acid groups (broad SMARTS) is 1. The molecule has 0 amide bonds. The Morgan fingerprint density at radius 3 is 2.34 bits per heavy atom. The van der Waals surface area contributed by atoms with E-state index in [9.17, 15) is 19.5 Å². The average molecular weight is 730 g/mol. The van der Waals surface area contributed by atoms with Gasteiger partial charge in [-0.2, -0.15) is 0 Å². The van der Waals surface area contributed by atoms with Crippen molar-refractivity contribution in [2.45, 2.75) is 146 Å². The number of nitrogens with zero attached hydrogens (tertiary/aromatic N) is 1. The predicted octanol–water partition coefficient (Wildman–Crippen LogP) is 9.09. The molecule has 7 rings (SSSR count). The van der Waals surface area contributed by atoms with Crippen LogP contribution in [0.3, 0.4) is 0 Å². The summed E-state index contributed by atoms with van der Waals surface area (Å²) < 4.78 is 6.50. The van der Waals surface area contributed by atoms with Crippen LogP contribution in [0.5, 0.6) is 0 Å². The van der Waals surface area contributed by atoms with Gasteiger partial charge >= 0.3 is 11.9 Å². The van der Waals surface area contributed by atoms with Gasteiger partial charge in [0, 0.05) is 35.1 Å². The van der Waals surface area contributed by atoms with E-state index < -0.39 is 23.2 Å². The lowest BCUT2D eigenvalue weighted by atomic mass is 9.29. The number of hydrogen-bond donors (Lipinski definition) is 3. The van der Waals surface area contributed by atoms with Crippen molar-refractivity contribution in [3.63, 3.8) is 0 Å². The van der Waals surface area contributed by atoms with E-state index in [1.807, 2.05) is 20.0 Å². The van der Waals surface area contributed by atoms with Gasteiger partial charge in [-0.1, -0.05) is 74.0 Å². The van der Waals surface area contributed by atoms with Gasteiger partial charge in [-0.25, -0.2) is 4.98 Å². The number of Topliss-reactive ketones (excluding diaryl/α,β-unsaturated/α-hetero) is 1. The second-order valence-corrected chi connectivity index (χ2v) is 20.6. The molecule has 0 radical (unpaired) electrons. The van der Waals surface area contributed by atoms with Crippen LogP contribution in [0.25, 0.3) is 0 Å². The highest BCUT2D eigenvalue weighted by Gasteiger charge is 2.74. The van der Waals surface area contributed by atoms with Crippen LogP contribution in [-0.4, -0.2) is 45.4 Å². The van der Waals surface area contributed by atoms with Crippen LogP contribution >= 0.6 is 0 Å². The van der Waals surface area contributed by atoms with Crippen molar-refractivity contribution < 1.29 is 24.2 Å². The maximum atomic E-state index is 14.0. The molecule has 0 aromatic carbocycles. The number of carboxylic acids is 1. The second kappa shape index (κ2) is 12.6. The lowest BCUT2D eigenvalue weighted by Crippen LogP contribution is -2.70. The number of nitrogens with one attached hydrogen (secondary N) is 2. The van der Waals surface area contributed by atoms with Crippen LogP contribution in [-0.2, 0) is 25.7 Å². The van der Waals surface area contributed by atoms with E-state index in [1.165, 1.54) is 5.57 Å². The second-order valence-electron chi connectivity index (χ2n) is 20.6. The van der Waals surface area contributed by atoms with Crippen LogP contribution in [0.2, 0.25) is 0 Å². The smallest absolute Gasteiger partial charge is 0.309 e. The van der Waals surface area contributed by atoms with Crippen molar-refractivity contribution in [2.75, 3.05) is 6.54 Å². The third kappa shape index (κ3) is 5.14. The van der Waals surface area contributed by atoms with Crippen molar-refractivity contribution in [1.82, 2.24) is 15.3 Å². The number of carbonyl (C=O) groups is 3. The fourth-order valence-corrected chi connectivity index (χ4v) is 14.7. The number of esters is 1. The molecule has 2 unspecified atom stereocenters. The largest absolute Gasteiger partial charge is 0.481 e.